The summed E-state index contributed by atoms with van der Waals surface area (Å²) in [6.07, 6.45) is -4.75. The van der Waals surface area contributed by atoms with Crippen molar-refractivity contribution >= 4 is 34.9 Å². The lowest BCUT2D eigenvalue weighted by Gasteiger charge is -2.18. The number of alkyl halides is 3. The lowest BCUT2D eigenvalue weighted by atomic mass is 10.3. The van der Waals surface area contributed by atoms with Crippen LogP contribution in [0.25, 0.3) is 0 Å². The van der Waals surface area contributed by atoms with Crippen molar-refractivity contribution in [3.8, 4) is 0 Å². The van der Waals surface area contributed by atoms with Crippen LogP contribution < -0.4 is 5.01 Å². The van der Waals surface area contributed by atoms with Gasteiger partial charge in [-0.2, -0.15) is 23.3 Å². The third kappa shape index (κ3) is 4.19. The number of hydrogen-bond donors (Lipinski definition) is 0. The van der Waals surface area contributed by atoms with E-state index in [0.717, 1.165) is 7.11 Å². The molecule has 1 rings (SSSR count). The van der Waals surface area contributed by atoms with Crippen molar-refractivity contribution in [1.82, 2.24) is 0 Å². The zero-order valence-electron chi connectivity index (χ0n) is 10.9. The van der Waals surface area contributed by atoms with Crippen LogP contribution in [-0.4, -0.2) is 30.9 Å². The number of carbonyl (C=O) groups excluding carboxylic acids is 2. The van der Waals surface area contributed by atoms with E-state index in [-0.39, 0.29) is 15.7 Å². The Morgan fingerprint density at radius 1 is 1.29 bits per heavy atom. The number of esters is 1. The molecule has 9 heteroatoms. The number of nitrogens with zero attached hydrogens (tertiary/aromatic N) is 2. The number of para-hydroxylation sites is 1. The number of rotatable bonds is 2. The van der Waals surface area contributed by atoms with Gasteiger partial charge < -0.3 is 4.74 Å². The van der Waals surface area contributed by atoms with Gasteiger partial charge in [0, 0.05) is 0 Å². The van der Waals surface area contributed by atoms with Crippen LogP contribution in [0.1, 0.15) is 6.92 Å². The number of benzene rings is 1. The highest BCUT2D eigenvalue weighted by molar-refractivity contribution is 6.40. The summed E-state index contributed by atoms with van der Waals surface area (Å²) in [5.74, 6) is -2.76. The average molecular weight is 323 g/mol. The van der Waals surface area contributed by atoms with Crippen molar-refractivity contribution in [2.24, 2.45) is 5.10 Å². The van der Waals surface area contributed by atoms with Crippen LogP contribution >= 0.6 is 11.6 Å². The van der Waals surface area contributed by atoms with E-state index in [1.165, 1.54) is 24.3 Å². The molecule has 0 saturated heterocycles. The Bertz CT molecular complexity index is 587. The molecular formula is C12H10ClF3N2O3. The topological polar surface area (TPSA) is 59.0 Å². The Hall–Kier alpha value is -2.09. The fourth-order valence-corrected chi connectivity index (χ4v) is 1.43. The van der Waals surface area contributed by atoms with Gasteiger partial charge in [-0.1, -0.05) is 23.7 Å². The van der Waals surface area contributed by atoms with Crippen LogP contribution in [0.2, 0.25) is 5.02 Å². The number of hydrogen-bond acceptors (Lipinski definition) is 4. The SMILES string of the molecule is COC(=O)C(=O)N(/N=C(\C)C(F)(F)F)c1ccccc1Cl. The van der Waals surface area contributed by atoms with Crippen molar-refractivity contribution in [2.45, 2.75) is 13.1 Å². The van der Waals surface area contributed by atoms with Crippen molar-refractivity contribution in [3.05, 3.63) is 29.3 Å². The minimum atomic E-state index is -4.75. The highest BCUT2D eigenvalue weighted by atomic mass is 35.5. The third-order valence-electron chi connectivity index (χ3n) is 2.29. The maximum Gasteiger partial charge on any atom is 0.430 e. The summed E-state index contributed by atoms with van der Waals surface area (Å²) in [5, 5.41) is 3.35. The quantitative estimate of drug-likeness (QED) is 0.364. The normalized spacial score (nSPS) is 12.0. The Labute approximate surface area is 122 Å². The zero-order chi connectivity index (χ0) is 16.2. The molecule has 114 valence electrons. The van der Waals surface area contributed by atoms with Crippen molar-refractivity contribution < 1.29 is 27.5 Å². The molecule has 0 aliphatic carbocycles. The molecule has 1 aromatic rings. The van der Waals surface area contributed by atoms with Crippen LogP contribution in [0.3, 0.4) is 0 Å². The molecule has 0 spiro atoms. The smallest absolute Gasteiger partial charge is 0.430 e. The Kier molecular flexibility index (Phi) is 5.31. The van der Waals surface area contributed by atoms with E-state index in [1.54, 1.807) is 0 Å². The molecule has 21 heavy (non-hydrogen) atoms. The Balaban J connectivity index is 3.35. The Morgan fingerprint density at radius 3 is 2.33 bits per heavy atom. The minimum absolute atomic E-state index is 0.0477. The molecule has 0 atom stereocenters. The minimum Gasteiger partial charge on any atom is -0.462 e. The molecule has 0 radical (unpaired) electrons. The molecule has 0 fully saturated rings. The molecular weight excluding hydrogens is 313 g/mol. The first-order chi connectivity index (χ1) is 9.68. The molecule has 1 aromatic carbocycles. The van der Waals surface area contributed by atoms with E-state index in [2.05, 4.69) is 9.84 Å². The summed E-state index contributed by atoms with van der Waals surface area (Å²) < 4.78 is 41.9. The van der Waals surface area contributed by atoms with E-state index < -0.39 is 23.8 Å². The summed E-state index contributed by atoms with van der Waals surface area (Å²) in [6, 6.07) is 5.52. The first-order valence-electron chi connectivity index (χ1n) is 5.47. The van der Waals surface area contributed by atoms with Crippen LogP contribution in [0.4, 0.5) is 18.9 Å². The number of halogens is 4. The average Bonchev–Trinajstić information content (AvgIpc) is 2.42. The summed E-state index contributed by atoms with van der Waals surface area (Å²) in [5.41, 5.74) is -1.49. The summed E-state index contributed by atoms with van der Waals surface area (Å²) in [7, 11) is 0.922. The second-order valence-electron chi connectivity index (χ2n) is 3.74. The fraction of sp³-hybridized carbons (Fsp3) is 0.250. The molecule has 0 aliphatic heterocycles. The van der Waals surface area contributed by atoms with Gasteiger partial charge in [-0.25, -0.2) is 4.79 Å². The summed E-state index contributed by atoms with van der Waals surface area (Å²) in [6.45, 7) is 0.661. The molecule has 0 bridgehead atoms. The predicted octanol–water partition coefficient (Wildman–Crippen LogP) is 2.78. The lowest BCUT2D eigenvalue weighted by molar-refractivity contribution is -0.151. The lowest BCUT2D eigenvalue weighted by Crippen LogP contribution is -2.36. The third-order valence-corrected chi connectivity index (χ3v) is 2.61. The van der Waals surface area contributed by atoms with Crippen LogP contribution in [0.5, 0.6) is 0 Å². The largest absolute Gasteiger partial charge is 0.462 e. The van der Waals surface area contributed by atoms with Gasteiger partial charge in [0.1, 0.15) is 5.71 Å². The first kappa shape index (κ1) is 17.0. The van der Waals surface area contributed by atoms with Gasteiger partial charge in [-0.05, 0) is 19.1 Å². The van der Waals surface area contributed by atoms with Gasteiger partial charge in [0.05, 0.1) is 17.8 Å². The molecule has 0 saturated carbocycles. The Morgan fingerprint density at radius 2 is 1.86 bits per heavy atom. The van der Waals surface area contributed by atoms with E-state index >= 15 is 0 Å². The number of carbonyl (C=O) groups is 2. The van der Waals surface area contributed by atoms with Crippen molar-refractivity contribution in [3.63, 3.8) is 0 Å². The molecule has 0 N–H and O–H groups in total. The highest BCUT2D eigenvalue weighted by Gasteiger charge is 2.35. The predicted molar refractivity (Wildman–Crippen MR) is 70.1 cm³/mol. The van der Waals surface area contributed by atoms with Crippen LogP contribution in [0.15, 0.2) is 29.4 Å². The number of hydrazone groups is 1. The number of anilines is 1. The van der Waals surface area contributed by atoms with Gasteiger partial charge in [0.2, 0.25) is 0 Å². The molecule has 0 heterocycles. The van der Waals surface area contributed by atoms with Gasteiger partial charge in [0.15, 0.2) is 0 Å². The van der Waals surface area contributed by atoms with Gasteiger partial charge in [-0.3, -0.25) is 4.79 Å². The fourth-order valence-electron chi connectivity index (χ4n) is 1.21. The van der Waals surface area contributed by atoms with Crippen molar-refractivity contribution in [1.29, 1.82) is 0 Å². The van der Waals surface area contributed by atoms with Crippen LogP contribution in [-0.2, 0) is 14.3 Å². The van der Waals surface area contributed by atoms with E-state index in [0.29, 0.717) is 6.92 Å². The first-order valence-corrected chi connectivity index (χ1v) is 5.85. The number of methoxy groups -OCH3 is 1. The molecule has 5 nitrogen and oxygen atoms in total. The van der Waals surface area contributed by atoms with Crippen molar-refractivity contribution in [2.75, 3.05) is 12.1 Å². The molecule has 0 aliphatic rings. The van der Waals surface area contributed by atoms with Gasteiger partial charge >= 0.3 is 18.1 Å². The summed E-state index contributed by atoms with van der Waals surface area (Å²) in [4.78, 5) is 23.1. The standard InChI is InChI=1S/C12H10ClF3N2O3/c1-7(12(14,15)16)17-18(10(19)11(20)21-2)9-6-4-3-5-8(9)13/h3-6H,1-2H3/b17-7+. The zero-order valence-corrected chi connectivity index (χ0v) is 11.7. The van der Waals surface area contributed by atoms with E-state index in [4.69, 9.17) is 11.6 Å². The van der Waals surface area contributed by atoms with Crippen LogP contribution in [0, 0.1) is 0 Å². The maximum atomic E-state index is 12.6. The highest BCUT2D eigenvalue weighted by Crippen LogP contribution is 2.27. The monoisotopic (exact) mass is 322 g/mol. The molecule has 1 amide bonds. The number of amides is 1. The van der Waals surface area contributed by atoms with E-state index in [9.17, 15) is 22.8 Å². The molecule has 0 unspecified atom stereocenters. The van der Waals surface area contributed by atoms with Gasteiger partial charge in [-0.15, -0.1) is 0 Å². The second kappa shape index (κ2) is 6.57. The second-order valence-corrected chi connectivity index (χ2v) is 4.15. The summed E-state index contributed by atoms with van der Waals surface area (Å²) >= 11 is 5.81. The maximum absolute atomic E-state index is 12.6. The van der Waals surface area contributed by atoms with Gasteiger partial charge in [0.25, 0.3) is 0 Å². The molecule has 0 aromatic heterocycles. The number of ether oxygens (including phenoxy) is 1. The van der Waals surface area contributed by atoms with E-state index in [1.807, 2.05) is 0 Å².